The van der Waals surface area contributed by atoms with Gasteiger partial charge in [-0.1, -0.05) is 20.8 Å². The molecule has 0 radical (unpaired) electrons. The lowest BCUT2D eigenvalue weighted by Gasteiger charge is -2.39. The summed E-state index contributed by atoms with van der Waals surface area (Å²) in [5, 5.41) is 4.41. The van der Waals surface area contributed by atoms with Gasteiger partial charge in [0.05, 0.1) is 11.3 Å². The number of hydrogen-bond donors (Lipinski definition) is 1. The summed E-state index contributed by atoms with van der Waals surface area (Å²) in [5.74, 6) is 0. The summed E-state index contributed by atoms with van der Waals surface area (Å²) >= 11 is 1.83. The molecule has 1 aromatic heterocycles. The van der Waals surface area contributed by atoms with Crippen molar-refractivity contribution in [2.75, 3.05) is 32.1 Å². The minimum atomic E-state index is -0.0466. The second-order valence-corrected chi connectivity index (χ2v) is 8.29. The molecule has 2 heterocycles. The summed E-state index contributed by atoms with van der Waals surface area (Å²) in [6, 6.07) is 0. The molecule has 1 aliphatic rings. The molecule has 1 fully saturated rings. The molecule has 0 bridgehead atoms. The van der Waals surface area contributed by atoms with Crippen molar-refractivity contribution in [1.82, 2.24) is 10.3 Å². The molecule has 1 unspecified atom stereocenters. The van der Waals surface area contributed by atoms with Crippen LogP contribution in [0, 0.1) is 0 Å². The highest BCUT2D eigenvalue weighted by Gasteiger charge is 2.33. The third kappa shape index (κ3) is 3.76. The van der Waals surface area contributed by atoms with E-state index in [0.717, 1.165) is 37.6 Å². The normalized spacial score (nSPS) is 23.6. The molecule has 21 heavy (non-hydrogen) atoms. The van der Waals surface area contributed by atoms with E-state index in [1.165, 1.54) is 10.6 Å². The first kappa shape index (κ1) is 16.7. The smallest absolute Gasteiger partial charge is 0.185 e. The van der Waals surface area contributed by atoms with Crippen LogP contribution in [0.4, 0.5) is 5.13 Å². The first-order chi connectivity index (χ1) is 9.79. The molecule has 0 amide bonds. The van der Waals surface area contributed by atoms with Crippen LogP contribution < -0.4 is 10.2 Å². The summed E-state index contributed by atoms with van der Waals surface area (Å²) in [5.41, 5.74) is 1.26. The lowest BCUT2D eigenvalue weighted by Crippen LogP contribution is -2.47. The predicted molar refractivity (Wildman–Crippen MR) is 90.4 cm³/mol. The highest BCUT2D eigenvalue weighted by atomic mass is 32.1. The second-order valence-electron chi connectivity index (χ2n) is 7.23. The first-order valence-electron chi connectivity index (χ1n) is 7.74. The number of piperidine rings is 1. The molecule has 0 aromatic carbocycles. The maximum atomic E-state index is 5.71. The summed E-state index contributed by atoms with van der Waals surface area (Å²) in [6.45, 7) is 11.8. The molecular formula is C16H29N3OS. The van der Waals surface area contributed by atoms with Gasteiger partial charge in [0.15, 0.2) is 5.13 Å². The maximum absolute atomic E-state index is 5.71. The van der Waals surface area contributed by atoms with Gasteiger partial charge in [-0.2, -0.15) is 0 Å². The Hall–Kier alpha value is -0.650. The van der Waals surface area contributed by atoms with E-state index in [0.29, 0.717) is 0 Å². The molecule has 2 rings (SSSR count). The molecule has 0 spiro atoms. The summed E-state index contributed by atoms with van der Waals surface area (Å²) in [4.78, 5) is 8.72. The Kier molecular flexibility index (Phi) is 4.96. The number of nitrogens with one attached hydrogen (secondary N) is 1. The Bertz CT molecular complexity index is 480. The van der Waals surface area contributed by atoms with Crippen LogP contribution in [0.25, 0.3) is 0 Å². The van der Waals surface area contributed by atoms with Gasteiger partial charge in [0, 0.05) is 37.0 Å². The van der Waals surface area contributed by atoms with Crippen molar-refractivity contribution < 1.29 is 4.74 Å². The molecule has 1 saturated heterocycles. The van der Waals surface area contributed by atoms with Crippen LogP contribution in [0.2, 0.25) is 0 Å². The zero-order chi connectivity index (χ0) is 15.7. The third-order valence-electron chi connectivity index (χ3n) is 4.16. The van der Waals surface area contributed by atoms with Crippen molar-refractivity contribution in [2.24, 2.45) is 0 Å². The second kappa shape index (κ2) is 6.23. The van der Waals surface area contributed by atoms with E-state index in [9.17, 15) is 0 Å². The van der Waals surface area contributed by atoms with Crippen molar-refractivity contribution in [3.8, 4) is 0 Å². The SMILES string of the molecule is CNCc1sc(N2CCCC(C)(OC)C2)nc1C(C)(C)C. The fourth-order valence-electron chi connectivity index (χ4n) is 2.88. The van der Waals surface area contributed by atoms with E-state index < -0.39 is 0 Å². The molecular weight excluding hydrogens is 282 g/mol. The van der Waals surface area contributed by atoms with Gasteiger partial charge in [0.25, 0.3) is 0 Å². The van der Waals surface area contributed by atoms with Crippen molar-refractivity contribution in [3.63, 3.8) is 0 Å². The molecule has 1 N–H and O–H groups in total. The number of methoxy groups -OCH3 is 1. The molecule has 5 heteroatoms. The fraction of sp³-hybridized carbons (Fsp3) is 0.812. The molecule has 1 atom stereocenters. The van der Waals surface area contributed by atoms with Gasteiger partial charge >= 0.3 is 0 Å². The van der Waals surface area contributed by atoms with Gasteiger partial charge in [0.1, 0.15) is 0 Å². The Morgan fingerprint density at radius 1 is 1.43 bits per heavy atom. The van der Waals surface area contributed by atoms with Crippen LogP contribution in [0.5, 0.6) is 0 Å². The van der Waals surface area contributed by atoms with Crippen molar-refractivity contribution in [1.29, 1.82) is 0 Å². The maximum Gasteiger partial charge on any atom is 0.185 e. The van der Waals surface area contributed by atoms with Crippen LogP contribution in [0.15, 0.2) is 0 Å². The average Bonchev–Trinajstić information content (AvgIpc) is 2.83. The van der Waals surface area contributed by atoms with E-state index in [4.69, 9.17) is 9.72 Å². The molecule has 0 saturated carbocycles. The van der Waals surface area contributed by atoms with Crippen LogP contribution >= 0.6 is 11.3 Å². The van der Waals surface area contributed by atoms with E-state index in [1.54, 1.807) is 0 Å². The number of nitrogens with zero attached hydrogens (tertiary/aromatic N) is 2. The molecule has 1 aromatic rings. The highest BCUT2D eigenvalue weighted by molar-refractivity contribution is 7.15. The molecule has 120 valence electrons. The monoisotopic (exact) mass is 311 g/mol. The summed E-state index contributed by atoms with van der Waals surface area (Å²) in [6.07, 6.45) is 2.29. The number of hydrogen-bond acceptors (Lipinski definition) is 5. The van der Waals surface area contributed by atoms with E-state index in [1.807, 2.05) is 25.5 Å². The van der Waals surface area contributed by atoms with Crippen molar-refractivity contribution in [3.05, 3.63) is 10.6 Å². The topological polar surface area (TPSA) is 37.4 Å². The summed E-state index contributed by atoms with van der Waals surface area (Å²) < 4.78 is 5.71. The van der Waals surface area contributed by atoms with E-state index >= 15 is 0 Å². The fourth-order valence-corrected chi connectivity index (χ4v) is 4.18. The minimum absolute atomic E-state index is 0.0466. The van der Waals surface area contributed by atoms with Crippen LogP contribution in [-0.4, -0.2) is 37.8 Å². The molecule has 4 nitrogen and oxygen atoms in total. The van der Waals surface area contributed by atoms with Crippen molar-refractivity contribution >= 4 is 16.5 Å². The number of anilines is 1. The van der Waals surface area contributed by atoms with Gasteiger partial charge in [-0.3, -0.25) is 0 Å². The number of ether oxygens (including phenoxy) is 1. The van der Waals surface area contributed by atoms with E-state index in [2.05, 4.69) is 37.9 Å². The standard InChI is InChI=1S/C16H29N3OS/c1-15(2,3)13-12(10-17-5)21-14(18-13)19-9-7-8-16(4,11-19)20-6/h17H,7-11H2,1-6H3. The van der Waals surface area contributed by atoms with Crippen LogP contribution in [-0.2, 0) is 16.7 Å². The zero-order valence-corrected chi connectivity index (χ0v) is 15.1. The van der Waals surface area contributed by atoms with Gasteiger partial charge in [-0.05, 0) is 26.8 Å². The zero-order valence-electron chi connectivity index (χ0n) is 14.2. The van der Waals surface area contributed by atoms with Crippen LogP contribution in [0.1, 0.15) is 51.1 Å². The van der Waals surface area contributed by atoms with Crippen molar-refractivity contribution in [2.45, 2.75) is 58.1 Å². The number of thiazole rings is 1. The average molecular weight is 311 g/mol. The lowest BCUT2D eigenvalue weighted by atomic mass is 9.91. The van der Waals surface area contributed by atoms with Gasteiger partial charge in [-0.25, -0.2) is 4.98 Å². The molecule has 1 aliphatic heterocycles. The van der Waals surface area contributed by atoms with Gasteiger partial charge in [-0.15, -0.1) is 11.3 Å². The van der Waals surface area contributed by atoms with Gasteiger partial charge < -0.3 is 15.0 Å². The number of aromatic nitrogens is 1. The number of rotatable bonds is 4. The Balaban J connectivity index is 2.28. The Labute approximate surface area is 132 Å². The van der Waals surface area contributed by atoms with Crippen LogP contribution in [0.3, 0.4) is 0 Å². The third-order valence-corrected chi connectivity index (χ3v) is 5.27. The largest absolute Gasteiger partial charge is 0.377 e. The van der Waals surface area contributed by atoms with Gasteiger partial charge in [0.2, 0.25) is 0 Å². The quantitative estimate of drug-likeness (QED) is 0.927. The molecule has 0 aliphatic carbocycles. The Morgan fingerprint density at radius 2 is 2.14 bits per heavy atom. The summed E-state index contributed by atoms with van der Waals surface area (Å²) in [7, 11) is 3.81. The highest BCUT2D eigenvalue weighted by Crippen LogP contribution is 2.36. The first-order valence-corrected chi connectivity index (χ1v) is 8.55. The minimum Gasteiger partial charge on any atom is -0.377 e. The van der Waals surface area contributed by atoms with E-state index in [-0.39, 0.29) is 11.0 Å². The Morgan fingerprint density at radius 3 is 2.71 bits per heavy atom. The predicted octanol–water partition coefficient (Wildman–Crippen LogP) is 3.17. The lowest BCUT2D eigenvalue weighted by molar-refractivity contribution is -0.00466.